The number of aromatic nitrogens is 2. The third-order valence-corrected chi connectivity index (χ3v) is 4.08. The Bertz CT molecular complexity index is 1080. The molecule has 0 fully saturated rings. The van der Waals surface area contributed by atoms with Gasteiger partial charge >= 0.3 is 6.18 Å². The van der Waals surface area contributed by atoms with Gasteiger partial charge in [0.1, 0.15) is 0 Å². The number of hydrogen-bond acceptors (Lipinski definition) is 3. The Balaban J connectivity index is 2.37. The van der Waals surface area contributed by atoms with Crippen LogP contribution in [-0.2, 0) is 13.2 Å². The number of alkyl halides is 3. The Kier molecular flexibility index (Phi) is 4.45. The second-order valence-electron chi connectivity index (χ2n) is 5.76. The van der Waals surface area contributed by atoms with Crippen LogP contribution in [0.15, 0.2) is 48.5 Å². The zero-order valence-electron chi connectivity index (χ0n) is 14.1. The zero-order valence-corrected chi connectivity index (χ0v) is 14.1. The fourth-order valence-corrected chi connectivity index (χ4v) is 3.00. The molecule has 1 amide bonds. The lowest BCUT2D eigenvalue weighted by molar-refractivity contribution is -0.141. The number of nitrogens with two attached hydrogens (primary N) is 1. The average Bonchev–Trinajstić information content (AvgIpc) is 2.99. The van der Waals surface area contributed by atoms with E-state index in [0.29, 0.717) is 22.3 Å². The molecule has 0 aliphatic heterocycles. The molecule has 1 heterocycles. The molecule has 0 bridgehead atoms. The van der Waals surface area contributed by atoms with Crippen molar-refractivity contribution < 1.29 is 18.0 Å². The van der Waals surface area contributed by atoms with Crippen molar-refractivity contribution in [2.45, 2.75) is 6.18 Å². The average molecular weight is 370 g/mol. The van der Waals surface area contributed by atoms with Crippen LogP contribution in [-0.4, -0.2) is 15.7 Å². The van der Waals surface area contributed by atoms with Gasteiger partial charge in [-0.3, -0.25) is 9.48 Å². The van der Waals surface area contributed by atoms with Crippen molar-refractivity contribution in [3.05, 3.63) is 65.4 Å². The Labute approximate surface area is 152 Å². The molecule has 5 nitrogen and oxygen atoms in total. The number of carbonyl (C=O) groups excluding carboxylic acids is 1. The SMILES string of the molecule is Cn1nc(C(F)(F)F)c(C(N)=O)c1-c1ccccc1-c1ccccc1C#N. The van der Waals surface area contributed by atoms with Crippen LogP contribution in [0, 0.1) is 11.3 Å². The van der Waals surface area contributed by atoms with E-state index in [2.05, 4.69) is 11.2 Å². The van der Waals surface area contributed by atoms with Crippen LogP contribution in [0.25, 0.3) is 22.4 Å². The van der Waals surface area contributed by atoms with Crippen LogP contribution in [0.2, 0.25) is 0 Å². The molecule has 2 aromatic carbocycles. The molecule has 8 heteroatoms. The number of aryl methyl sites for hydroxylation is 1. The molecule has 136 valence electrons. The normalized spacial score (nSPS) is 11.2. The van der Waals surface area contributed by atoms with E-state index in [9.17, 15) is 23.2 Å². The Morgan fingerprint density at radius 1 is 1.07 bits per heavy atom. The van der Waals surface area contributed by atoms with Gasteiger partial charge in [-0.05, 0) is 11.6 Å². The third kappa shape index (κ3) is 3.15. The van der Waals surface area contributed by atoms with Crippen LogP contribution in [0.3, 0.4) is 0 Å². The summed E-state index contributed by atoms with van der Waals surface area (Å²) in [4.78, 5) is 11.9. The highest BCUT2D eigenvalue weighted by Crippen LogP contribution is 2.39. The van der Waals surface area contributed by atoms with Gasteiger partial charge in [-0.2, -0.15) is 23.5 Å². The number of halogens is 3. The molecule has 0 spiro atoms. The molecule has 0 unspecified atom stereocenters. The predicted molar refractivity (Wildman–Crippen MR) is 92.3 cm³/mol. The Morgan fingerprint density at radius 2 is 1.63 bits per heavy atom. The maximum absolute atomic E-state index is 13.3. The standard InChI is InChI=1S/C19H13F3N4O/c1-26-16(15(18(24)27)17(25-26)19(20,21)22)14-9-5-4-8-13(14)12-7-3-2-6-11(12)10-23/h2-9H,1H3,(H2,24,27). The summed E-state index contributed by atoms with van der Waals surface area (Å²) in [6.45, 7) is 0. The molecular formula is C19H13F3N4O. The molecule has 3 aromatic rings. The van der Waals surface area contributed by atoms with Crippen molar-refractivity contribution in [2.75, 3.05) is 0 Å². The quantitative estimate of drug-likeness (QED) is 0.762. The fourth-order valence-electron chi connectivity index (χ4n) is 3.00. The van der Waals surface area contributed by atoms with E-state index in [-0.39, 0.29) is 5.69 Å². The summed E-state index contributed by atoms with van der Waals surface area (Å²) in [5.74, 6) is -1.23. The largest absolute Gasteiger partial charge is 0.435 e. The lowest BCUT2D eigenvalue weighted by Crippen LogP contribution is -2.18. The highest BCUT2D eigenvalue weighted by molar-refractivity contribution is 6.02. The summed E-state index contributed by atoms with van der Waals surface area (Å²) in [6.07, 6.45) is -4.83. The summed E-state index contributed by atoms with van der Waals surface area (Å²) < 4.78 is 41.0. The van der Waals surface area contributed by atoms with Gasteiger partial charge in [-0.1, -0.05) is 42.5 Å². The maximum atomic E-state index is 13.3. The summed E-state index contributed by atoms with van der Waals surface area (Å²) in [5.41, 5.74) is 4.86. The van der Waals surface area contributed by atoms with Crippen molar-refractivity contribution in [3.63, 3.8) is 0 Å². The fraction of sp³-hybridized carbons (Fsp3) is 0.105. The van der Waals surface area contributed by atoms with Crippen molar-refractivity contribution >= 4 is 5.91 Å². The highest BCUT2D eigenvalue weighted by atomic mass is 19.4. The zero-order chi connectivity index (χ0) is 19.8. The molecule has 0 saturated carbocycles. The van der Waals surface area contributed by atoms with Gasteiger partial charge in [0.25, 0.3) is 5.91 Å². The molecule has 0 radical (unpaired) electrons. The van der Waals surface area contributed by atoms with E-state index in [0.717, 1.165) is 4.68 Å². The van der Waals surface area contributed by atoms with Crippen molar-refractivity contribution in [1.29, 1.82) is 5.26 Å². The molecule has 1 aromatic heterocycles. The van der Waals surface area contributed by atoms with Crippen LogP contribution >= 0.6 is 0 Å². The number of rotatable bonds is 3. The van der Waals surface area contributed by atoms with E-state index in [1.807, 2.05) is 0 Å². The third-order valence-electron chi connectivity index (χ3n) is 4.08. The van der Waals surface area contributed by atoms with E-state index < -0.39 is 23.3 Å². The monoisotopic (exact) mass is 370 g/mol. The molecule has 0 aliphatic rings. The first-order valence-electron chi connectivity index (χ1n) is 7.78. The topological polar surface area (TPSA) is 84.7 Å². The number of benzene rings is 2. The highest BCUT2D eigenvalue weighted by Gasteiger charge is 2.41. The smallest absolute Gasteiger partial charge is 0.365 e. The summed E-state index contributed by atoms with van der Waals surface area (Å²) in [7, 11) is 1.31. The van der Waals surface area contributed by atoms with Gasteiger partial charge < -0.3 is 5.73 Å². The van der Waals surface area contributed by atoms with Crippen molar-refractivity contribution in [2.24, 2.45) is 12.8 Å². The van der Waals surface area contributed by atoms with Gasteiger partial charge in [0.2, 0.25) is 0 Å². The molecule has 3 rings (SSSR count). The molecule has 27 heavy (non-hydrogen) atoms. The number of hydrogen-bond donors (Lipinski definition) is 1. The summed E-state index contributed by atoms with van der Waals surface area (Å²) >= 11 is 0. The van der Waals surface area contributed by atoms with E-state index in [4.69, 9.17) is 5.73 Å². The van der Waals surface area contributed by atoms with Crippen LogP contribution < -0.4 is 5.73 Å². The van der Waals surface area contributed by atoms with Gasteiger partial charge in [-0.25, -0.2) is 0 Å². The predicted octanol–water partition coefficient (Wildman–Crippen LogP) is 3.74. The minimum Gasteiger partial charge on any atom is -0.365 e. The first-order valence-corrected chi connectivity index (χ1v) is 7.78. The Morgan fingerprint density at radius 3 is 2.19 bits per heavy atom. The van der Waals surface area contributed by atoms with Crippen LogP contribution in [0.5, 0.6) is 0 Å². The minimum atomic E-state index is -4.83. The molecular weight excluding hydrogens is 357 g/mol. The number of nitriles is 1. The number of primary amides is 1. The molecule has 2 N–H and O–H groups in total. The second-order valence-corrected chi connectivity index (χ2v) is 5.76. The van der Waals surface area contributed by atoms with Gasteiger partial charge in [-0.15, -0.1) is 0 Å². The van der Waals surface area contributed by atoms with Gasteiger partial charge in [0, 0.05) is 18.2 Å². The first-order chi connectivity index (χ1) is 12.8. The van der Waals surface area contributed by atoms with Gasteiger partial charge in [0.15, 0.2) is 5.69 Å². The Hall–Kier alpha value is -3.60. The maximum Gasteiger partial charge on any atom is 0.435 e. The lowest BCUT2D eigenvalue weighted by Gasteiger charge is -2.13. The first kappa shape index (κ1) is 18.2. The van der Waals surface area contributed by atoms with Crippen LogP contribution in [0.4, 0.5) is 13.2 Å². The number of nitrogens with zero attached hydrogens (tertiary/aromatic N) is 3. The number of amides is 1. The van der Waals surface area contributed by atoms with E-state index in [1.165, 1.54) is 7.05 Å². The van der Waals surface area contributed by atoms with Crippen LogP contribution in [0.1, 0.15) is 21.6 Å². The lowest BCUT2D eigenvalue weighted by atomic mass is 9.92. The molecule has 0 atom stereocenters. The van der Waals surface area contributed by atoms with Crippen molar-refractivity contribution in [1.82, 2.24) is 9.78 Å². The summed E-state index contributed by atoms with van der Waals surface area (Å²) in [5, 5.41) is 12.8. The van der Waals surface area contributed by atoms with E-state index >= 15 is 0 Å². The number of carbonyl (C=O) groups is 1. The second kappa shape index (κ2) is 6.61. The van der Waals surface area contributed by atoms with Gasteiger partial charge in [0.05, 0.1) is 22.9 Å². The van der Waals surface area contributed by atoms with E-state index in [1.54, 1.807) is 48.5 Å². The van der Waals surface area contributed by atoms with Crippen molar-refractivity contribution in [3.8, 4) is 28.5 Å². The summed E-state index contributed by atoms with van der Waals surface area (Å²) in [6, 6.07) is 15.3. The molecule has 0 saturated heterocycles. The minimum absolute atomic E-state index is 0.0573. The molecule has 0 aliphatic carbocycles.